The smallest absolute Gasteiger partial charge is 0.254 e. The van der Waals surface area contributed by atoms with Gasteiger partial charge in [0.2, 0.25) is 0 Å². The van der Waals surface area contributed by atoms with Gasteiger partial charge in [0.05, 0.1) is 11.5 Å². The van der Waals surface area contributed by atoms with E-state index in [1.54, 1.807) is 29.2 Å². The summed E-state index contributed by atoms with van der Waals surface area (Å²) in [7, 11) is -3.13. The van der Waals surface area contributed by atoms with Crippen molar-refractivity contribution in [2.75, 3.05) is 11.5 Å². The molecule has 3 rings (SSSR count). The third kappa shape index (κ3) is 4.07. The molecule has 1 aliphatic rings. The predicted molar refractivity (Wildman–Crippen MR) is 94.5 cm³/mol. The van der Waals surface area contributed by atoms with Gasteiger partial charge < -0.3 is 4.90 Å². The van der Waals surface area contributed by atoms with E-state index in [0.29, 0.717) is 17.5 Å². The maximum Gasteiger partial charge on any atom is 0.254 e. The highest BCUT2D eigenvalue weighted by atomic mass is 32.2. The maximum absolute atomic E-state index is 13.5. The van der Waals surface area contributed by atoms with Gasteiger partial charge in [0.25, 0.3) is 5.91 Å². The molecular formula is C19H20FNO3S. The molecule has 25 heavy (non-hydrogen) atoms. The molecule has 0 bridgehead atoms. The molecule has 0 aromatic heterocycles. The Kier molecular flexibility index (Phi) is 4.90. The summed E-state index contributed by atoms with van der Waals surface area (Å²) < 4.78 is 37.3. The Labute approximate surface area is 147 Å². The van der Waals surface area contributed by atoms with E-state index in [9.17, 15) is 17.6 Å². The van der Waals surface area contributed by atoms with Crippen LogP contribution in [0.25, 0.3) is 0 Å². The number of carbonyl (C=O) groups is 1. The van der Waals surface area contributed by atoms with E-state index >= 15 is 0 Å². The summed E-state index contributed by atoms with van der Waals surface area (Å²) in [6.07, 6.45) is 0.412. The van der Waals surface area contributed by atoms with Crippen LogP contribution >= 0.6 is 0 Å². The van der Waals surface area contributed by atoms with Crippen molar-refractivity contribution in [3.63, 3.8) is 0 Å². The van der Waals surface area contributed by atoms with Crippen LogP contribution in [0.4, 0.5) is 4.39 Å². The Morgan fingerprint density at radius 2 is 1.96 bits per heavy atom. The molecule has 0 spiro atoms. The third-order valence-electron chi connectivity index (χ3n) is 4.53. The minimum Gasteiger partial charge on any atom is -0.330 e. The molecule has 1 fully saturated rings. The van der Waals surface area contributed by atoms with Gasteiger partial charge in [-0.15, -0.1) is 0 Å². The fourth-order valence-corrected chi connectivity index (χ4v) is 4.92. The van der Waals surface area contributed by atoms with E-state index in [0.717, 1.165) is 5.56 Å². The first-order chi connectivity index (χ1) is 11.9. The van der Waals surface area contributed by atoms with Crippen molar-refractivity contribution in [1.29, 1.82) is 0 Å². The fraction of sp³-hybridized carbons (Fsp3) is 0.316. The third-order valence-corrected chi connectivity index (χ3v) is 6.28. The van der Waals surface area contributed by atoms with Crippen molar-refractivity contribution in [3.8, 4) is 0 Å². The molecule has 2 aromatic rings. The van der Waals surface area contributed by atoms with Crippen LogP contribution in [0.2, 0.25) is 0 Å². The Balaban J connectivity index is 1.94. The zero-order chi connectivity index (χ0) is 18.0. The highest BCUT2D eigenvalue weighted by Gasteiger charge is 2.35. The second-order valence-electron chi connectivity index (χ2n) is 6.43. The van der Waals surface area contributed by atoms with Crippen molar-refractivity contribution in [3.05, 3.63) is 71.0 Å². The highest BCUT2D eigenvalue weighted by molar-refractivity contribution is 7.91. The normalized spacial score (nSPS) is 18.9. The van der Waals surface area contributed by atoms with Gasteiger partial charge in [0, 0.05) is 18.2 Å². The number of hydrogen-bond acceptors (Lipinski definition) is 3. The van der Waals surface area contributed by atoms with Gasteiger partial charge in [-0.3, -0.25) is 4.79 Å². The molecule has 1 heterocycles. The first-order valence-electron chi connectivity index (χ1n) is 8.17. The van der Waals surface area contributed by atoms with E-state index < -0.39 is 9.84 Å². The minimum absolute atomic E-state index is 0.0417. The van der Waals surface area contributed by atoms with Crippen molar-refractivity contribution >= 4 is 15.7 Å². The van der Waals surface area contributed by atoms with Gasteiger partial charge in [-0.2, -0.15) is 0 Å². The number of nitrogens with zero attached hydrogens (tertiary/aromatic N) is 1. The van der Waals surface area contributed by atoms with Crippen molar-refractivity contribution in [1.82, 2.24) is 4.90 Å². The lowest BCUT2D eigenvalue weighted by Gasteiger charge is -2.29. The number of amides is 1. The molecule has 132 valence electrons. The molecule has 4 nitrogen and oxygen atoms in total. The number of benzene rings is 2. The molecule has 0 aliphatic carbocycles. The van der Waals surface area contributed by atoms with Crippen LogP contribution in [-0.2, 0) is 16.4 Å². The fourth-order valence-electron chi connectivity index (χ4n) is 3.19. The van der Waals surface area contributed by atoms with Crippen molar-refractivity contribution in [2.24, 2.45) is 0 Å². The van der Waals surface area contributed by atoms with Crippen LogP contribution in [0.3, 0.4) is 0 Å². The molecule has 1 amide bonds. The summed E-state index contributed by atoms with van der Waals surface area (Å²) in [4.78, 5) is 14.7. The second-order valence-corrected chi connectivity index (χ2v) is 8.66. The second kappa shape index (κ2) is 6.96. The topological polar surface area (TPSA) is 54.5 Å². The average Bonchev–Trinajstić information content (AvgIpc) is 2.92. The molecule has 0 N–H and O–H groups in total. The first-order valence-corrected chi connectivity index (χ1v) is 9.99. The van der Waals surface area contributed by atoms with E-state index in [1.165, 1.54) is 12.1 Å². The molecule has 1 atom stereocenters. The first kappa shape index (κ1) is 17.6. The largest absolute Gasteiger partial charge is 0.330 e. The number of carbonyl (C=O) groups excluding carboxylic acids is 1. The Hall–Kier alpha value is -2.21. The van der Waals surface area contributed by atoms with Crippen LogP contribution < -0.4 is 0 Å². The number of sulfone groups is 1. The summed E-state index contributed by atoms with van der Waals surface area (Å²) in [5.74, 6) is -0.553. The molecule has 0 saturated carbocycles. The van der Waals surface area contributed by atoms with Gasteiger partial charge in [-0.25, -0.2) is 12.8 Å². The molecular weight excluding hydrogens is 341 g/mol. The van der Waals surface area contributed by atoms with Gasteiger partial charge in [0.1, 0.15) is 5.82 Å². The lowest BCUT2D eigenvalue weighted by molar-refractivity contribution is 0.0680. The summed E-state index contributed by atoms with van der Waals surface area (Å²) in [6.45, 7) is 2.03. The summed E-state index contributed by atoms with van der Waals surface area (Å²) in [5, 5.41) is 0. The molecule has 6 heteroatoms. The van der Waals surface area contributed by atoms with Gasteiger partial charge in [-0.1, -0.05) is 30.3 Å². The molecule has 0 radical (unpaired) electrons. The maximum atomic E-state index is 13.5. The Morgan fingerprint density at radius 3 is 2.60 bits per heavy atom. The van der Waals surface area contributed by atoms with E-state index in [4.69, 9.17) is 0 Å². The lowest BCUT2D eigenvalue weighted by atomic mass is 10.1. The molecule has 1 aliphatic heterocycles. The molecule has 1 saturated heterocycles. The van der Waals surface area contributed by atoms with Crippen LogP contribution in [0, 0.1) is 12.7 Å². The van der Waals surface area contributed by atoms with Gasteiger partial charge in [-0.05, 0) is 42.7 Å². The van der Waals surface area contributed by atoms with Crippen LogP contribution in [0.5, 0.6) is 0 Å². The number of hydrogen-bond donors (Lipinski definition) is 0. The number of halogens is 1. The summed E-state index contributed by atoms with van der Waals surface area (Å²) in [5.41, 5.74) is 2.02. The van der Waals surface area contributed by atoms with Crippen LogP contribution in [0.15, 0.2) is 48.5 Å². The van der Waals surface area contributed by atoms with E-state index in [-0.39, 0.29) is 35.8 Å². The van der Waals surface area contributed by atoms with Gasteiger partial charge in [0.15, 0.2) is 9.84 Å². The summed E-state index contributed by atoms with van der Waals surface area (Å²) >= 11 is 0. The highest BCUT2D eigenvalue weighted by Crippen LogP contribution is 2.23. The average molecular weight is 361 g/mol. The van der Waals surface area contributed by atoms with Crippen molar-refractivity contribution in [2.45, 2.75) is 25.9 Å². The number of aryl methyl sites for hydroxylation is 1. The lowest BCUT2D eigenvalue weighted by Crippen LogP contribution is -2.41. The van der Waals surface area contributed by atoms with Crippen LogP contribution in [0.1, 0.15) is 27.9 Å². The molecule has 2 aromatic carbocycles. The Morgan fingerprint density at radius 1 is 1.20 bits per heavy atom. The minimum atomic E-state index is -3.13. The zero-order valence-corrected chi connectivity index (χ0v) is 14.8. The number of rotatable bonds is 4. The van der Waals surface area contributed by atoms with E-state index in [1.807, 2.05) is 19.1 Å². The SMILES string of the molecule is Cc1ccccc1C(=O)N(Cc1cccc(F)c1)C1CCS(=O)(=O)C1. The summed E-state index contributed by atoms with van der Waals surface area (Å²) in [6, 6.07) is 12.9. The zero-order valence-electron chi connectivity index (χ0n) is 14.0. The monoisotopic (exact) mass is 361 g/mol. The van der Waals surface area contributed by atoms with E-state index in [2.05, 4.69) is 0 Å². The predicted octanol–water partition coefficient (Wildman–Crippen LogP) is 2.96. The standard InChI is InChI=1S/C19H20FNO3S/c1-14-5-2-3-8-18(14)19(22)21(17-9-10-25(23,24)13-17)12-15-6-4-7-16(20)11-15/h2-8,11,17H,9-10,12-13H2,1H3. The van der Waals surface area contributed by atoms with Gasteiger partial charge >= 0.3 is 0 Å². The molecule has 1 unspecified atom stereocenters. The quantitative estimate of drug-likeness (QED) is 0.841. The van der Waals surface area contributed by atoms with Crippen LogP contribution in [-0.4, -0.2) is 36.8 Å². The Bertz CT molecular complexity index is 895. The van der Waals surface area contributed by atoms with Crippen molar-refractivity contribution < 1.29 is 17.6 Å².